The smallest absolute Gasteiger partial charge is 0.164 e. The summed E-state index contributed by atoms with van der Waals surface area (Å²) in [4.78, 5) is 0. The van der Waals surface area contributed by atoms with Gasteiger partial charge in [0.05, 0.1) is 13.2 Å². The Kier molecular flexibility index (Phi) is 6.54. The summed E-state index contributed by atoms with van der Waals surface area (Å²) >= 11 is 0. The zero-order chi connectivity index (χ0) is 18.0. The molecule has 0 unspecified atom stereocenters. The van der Waals surface area contributed by atoms with Crippen LogP contribution in [-0.2, 0) is 13.0 Å². The van der Waals surface area contributed by atoms with Crippen molar-refractivity contribution in [1.82, 2.24) is 0 Å². The zero-order valence-electron chi connectivity index (χ0n) is 15.1. The second kappa shape index (κ2) is 9.52. The van der Waals surface area contributed by atoms with Crippen molar-refractivity contribution in [1.29, 1.82) is 0 Å². The molecule has 3 heteroatoms. The molecule has 0 bridgehead atoms. The molecule has 0 atom stereocenters. The first-order chi connectivity index (χ1) is 12.8. The van der Waals surface area contributed by atoms with Gasteiger partial charge in [-0.1, -0.05) is 60.7 Å². The molecular formula is C23H24O3. The summed E-state index contributed by atoms with van der Waals surface area (Å²) < 4.78 is 17.6. The Labute approximate surface area is 155 Å². The van der Waals surface area contributed by atoms with Crippen LogP contribution in [-0.4, -0.2) is 13.2 Å². The molecule has 0 heterocycles. The minimum absolute atomic E-state index is 0.504. The number of hydrogen-bond acceptors (Lipinski definition) is 3. The lowest BCUT2D eigenvalue weighted by Crippen LogP contribution is -2.04. The van der Waals surface area contributed by atoms with Crippen LogP contribution in [0.2, 0.25) is 0 Å². The third-order valence-corrected chi connectivity index (χ3v) is 3.95. The average molecular weight is 348 g/mol. The SMILES string of the molecule is CCOc1ccc(OCc2ccccc2)c(OCCc2ccccc2)c1. The van der Waals surface area contributed by atoms with Crippen molar-refractivity contribution >= 4 is 0 Å². The molecule has 3 nitrogen and oxygen atoms in total. The van der Waals surface area contributed by atoms with Gasteiger partial charge >= 0.3 is 0 Å². The standard InChI is InChI=1S/C23H24O3/c1-2-24-21-13-14-22(26-18-20-11-7-4-8-12-20)23(17-21)25-16-15-19-9-5-3-6-10-19/h3-14,17H,2,15-16,18H2,1H3. The van der Waals surface area contributed by atoms with Gasteiger partial charge in [-0.05, 0) is 30.2 Å². The fraction of sp³-hybridized carbons (Fsp3) is 0.217. The van der Waals surface area contributed by atoms with Crippen molar-refractivity contribution in [3.63, 3.8) is 0 Å². The van der Waals surface area contributed by atoms with Crippen molar-refractivity contribution in [3.8, 4) is 17.2 Å². The molecular weight excluding hydrogens is 324 g/mol. The Morgan fingerprint density at radius 3 is 2.04 bits per heavy atom. The molecule has 0 amide bonds. The summed E-state index contributed by atoms with van der Waals surface area (Å²) in [6.07, 6.45) is 0.845. The average Bonchev–Trinajstić information content (AvgIpc) is 2.69. The Morgan fingerprint density at radius 2 is 1.35 bits per heavy atom. The van der Waals surface area contributed by atoms with E-state index in [4.69, 9.17) is 14.2 Å². The minimum atomic E-state index is 0.504. The second-order valence-electron chi connectivity index (χ2n) is 5.90. The highest BCUT2D eigenvalue weighted by Gasteiger charge is 2.08. The van der Waals surface area contributed by atoms with Gasteiger partial charge in [0, 0.05) is 12.5 Å². The molecule has 3 rings (SSSR count). The normalized spacial score (nSPS) is 10.3. The van der Waals surface area contributed by atoms with Crippen LogP contribution in [0.3, 0.4) is 0 Å². The molecule has 0 fully saturated rings. The van der Waals surface area contributed by atoms with E-state index in [1.165, 1.54) is 5.56 Å². The summed E-state index contributed by atoms with van der Waals surface area (Å²) in [5, 5.41) is 0. The van der Waals surface area contributed by atoms with E-state index in [1.807, 2.05) is 73.7 Å². The van der Waals surface area contributed by atoms with Crippen LogP contribution >= 0.6 is 0 Å². The van der Waals surface area contributed by atoms with E-state index in [9.17, 15) is 0 Å². The van der Waals surface area contributed by atoms with Crippen molar-refractivity contribution < 1.29 is 14.2 Å². The maximum absolute atomic E-state index is 6.01. The molecule has 26 heavy (non-hydrogen) atoms. The van der Waals surface area contributed by atoms with Crippen LogP contribution in [0.25, 0.3) is 0 Å². The maximum Gasteiger partial charge on any atom is 0.164 e. The van der Waals surface area contributed by atoms with Crippen LogP contribution in [0.5, 0.6) is 17.2 Å². The van der Waals surface area contributed by atoms with Gasteiger partial charge in [-0.2, -0.15) is 0 Å². The van der Waals surface area contributed by atoms with Crippen LogP contribution < -0.4 is 14.2 Å². The van der Waals surface area contributed by atoms with Gasteiger partial charge in [0.15, 0.2) is 11.5 Å². The first kappa shape index (κ1) is 17.9. The number of rotatable bonds is 9. The Bertz CT molecular complexity index is 785. The maximum atomic E-state index is 6.01. The Morgan fingerprint density at radius 1 is 0.654 bits per heavy atom. The number of hydrogen-bond donors (Lipinski definition) is 0. The highest BCUT2D eigenvalue weighted by Crippen LogP contribution is 2.32. The lowest BCUT2D eigenvalue weighted by molar-refractivity contribution is 0.260. The van der Waals surface area contributed by atoms with Gasteiger partial charge in [0.2, 0.25) is 0 Å². The largest absolute Gasteiger partial charge is 0.494 e. The topological polar surface area (TPSA) is 27.7 Å². The van der Waals surface area contributed by atoms with Crippen molar-refractivity contribution in [2.24, 2.45) is 0 Å². The van der Waals surface area contributed by atoms with Gasteiger partial charge in [-0.15, -0.1) is 0 Å². The molecule has 0 radical (unpaired) electrons. The quantitative estimate of drug-likeness (QED) is 0.526. The molecule has 0 N–H and O–H groups in total. The van der Waals surface area contributed by atoms with E-state index < -0.39 is 0 Å². The molecule has 3 aromatic carbocycles. The predicted molar refractivity (Wildman–Crippen MR) is 104 cm³/mol. The van der Waals surface area contributed by atoms with Gasteiger partial charge < -0.3 is 14.2 Å². The van der Waals surface area contributed by atoms with Crippen molar-refractivity contribution in [2.45, 2.75) is 20.0 Å². The first-order valence-electron chi connectivity index (χ1n) is 8.95. The van der Waals surface area contributed by atoms with E-state index in [0.717, 1.165) is 23.5 Å². The third-order valence-electron chi connectivity index (χ3n) is 3.95. The lowest BCUT2D eigenvalue weighted by atomic mass is 10.2. The second-order valence-corrected chi connectivity index (χ2v) is 5.90. The third kappa shape index (κ3) is 5.28. The molecule has 3 aromatic rings. The monoisotopic (exact) mass is 348 g/mol. The summed E-state index contributed by atoms with van der Waals surface area (Å²) in [7, 11) is 0. The van der Waals surface area contributed by atoms with Gasteiger partial charge in [0.25, 0.3) is 0 Å². The molecule has 0 saturated heterocycles. The van der Waals surface area contributed by atoms with Crippen molar-refractivity contribution in [2.75, 3.05) is 13.2 Å². The Balaban J connectivity index is 1.66. The van der Waals surface area contributed by atoms with Crippen molar-refractivity contribution in [3.05, 3.63) is 90.0 Å². The summed E-state index contributed by atoms with van der Waals surface area (Å²) in [6, 6.07) is 26.1. The number of benzene rings is 3. The zero-order valence-corrected chi connectivity index (χ0v) is 15.1. The van der Waals surface area contributed by atoms with Crippen LogP contribution in [0.15, 0.2) is 78.9 Å². The lowest BCUT2D eigenvalue weighted by Gasteiger charge is -2.14. The molecule has 0 saturated carbocycles. The van der Waals surface area contributed by atoms with Crippen LogP contribution in [0.1, 0.15) is 18.1 Å². The van der Waals surface area contributed by atoms with E-state index in [0.29, 0.717) is 25.6 Å². The predicted octanol–water partition coefficient (Wildman–Crippen LogP) is 5.29. The fourth-order valence-corrected chi connectivity index (χ4v) is 2.64. The fourth-order valence-electron chi connectivity index (χ4n) is 2.64. The molecule has 0 spiro atoms. The van der Waals surface area contributed by atoms with E-state index in [1.54, 1.807) is 0 Å². The highest BCUT2D eigenvalue weighted by atomic mass is 16.5. The summed E-state index contributed by atoms with van der Waals surface area (Å²) in [5.74, 6) is 2.22. The first-order valence-corrected chi connectivity index (χ1v) is 8.95. The van der Waals surface area contributed by atoms with Crippen LogP contribution in [0, 0.1) is 0 Å². The summed E-state index contributed by atoms with van der Waals surface area (Å²) in [5.41, 5.74) is 2.37. The molecule has 134 valence electrons. The van der Waals surface area contributed by atoms with Gasteiger partial charge in [-0.3, -0.25) is 0 Å². The van der Waals surface area contributed by atoms with Gasteiger partial charge in [0.1, 0.15) is 12.4 Å². The number of ether oxygens (including phenoxy) is 3. The molecule has 0 aliphatic carbocycles. The van der Waals surface area contributed by atoms with Gasteiger partial charge in [-0.25, -0.2) is 0 Å². The molecule has 0 aromatic heterocycles. The van der Waals surface area contributed by atoms with E-state index in [2.05, 4.69) is 12.1 Å². The van der Waals surface area contributed by atoms with E-state index in [-0.39, 0.29) is 0 Å². The highest BCUT2D eigenvalue weighted by molar-refractivity contribution is 5.45. The Hall–Kier alpha value is -2.94. The molecule has 0 aliphatic heterocycles. The molecule has 0 aliphatic rings. The minimum Gasteiger partial charge on any atom is -0.494 e. The van der Waals surface area contributed by atoms with Crippen LogP contribution in [0.4, 0.5) is 0 Å². The summed E-state index contributed by atoms with van der Waals surface area (Å²) in [6.45, 7) is 3.68. The van der Waals surface area contributed by atoms with E-state index >= 15 is 0 Å².